The van der Waals surface area contributed by atoms with Crippen molar-refractivity contribution in [1.29, 1.82) is 0 Å². The summed E-state index contributed by atoms with van der Waals surface area (Å²) < 4.78 is 10.9. The Bertz CT molecular complexity index is 575. The van der Waals surface area contributed by atoms with Crippen LogP contribution in [0, 0.1) is 0 Å². The molecule has 0 bridgehead atoms. The van der Waals surface area contributed by atoms with Gasteiger partial charge in [0.25, 0.3) is 0 Å². The summed E-state index contributed by atoms with van der Waals surface area (Å²) in [5.74, 6) is 0. The van der Waals surface area contributed by atoms with Crippen LogP contribution < -0.4 is 0 Å². The van der Waals surface area contributed by atoms with Crippen LogP contribution in [0.3, 0.4) is 0 Å². The van der Waals surface area contributed by atoms with Gasteiger partial charge in [0.05, 0.1) is 44.1 Å². The Balaban J connectivity index is 2.93. The van der Waals surface area contributed by atoms with Gasteiger partial charge in [-0.2, -0.15) is 0 Å². The van der Waals surface area contributed by atoms with Crippen molar-refractivity contribution in [3.05, 3.63) is 20.9 Å². The van der Waals surface area contributed by atoms with Crippen LogP contribution in [0.5, 0.6) is 0 Å². The molecule has 1 aliphatic heterocycles. The largest absolute Gasteiger partial charge is 0.394 e. The highest BCUT2D eigenvalue weighted by atomic mass is 32.2. The van der Waals surface area contributed by atoms with Gasteiger partial charge in [-0.25, -0.2) is 0 Å². The van der Waals surface area contributed by atoms with Crippen molar-refractivity contribution in [2.24, 2.45) is 10.2 Å². The number of ether oxygens (including phenoxy) is 2. The first kappa shape index (κ1) is 24.7. The fourth-order valence-electron chi connectivity index (χ4n) is 2.43. The van der Waals surface area contributed by atoms with E-state index in [1.807, 2.05) is 0 Å². The molecular weight excluding hydrogens is 400 g/mol. The normalized spacial score (nSPS) is 31.8. The van der Waals surface area contributed by atoms with Gasteiger partial charge in [0.15, 0.2) is 0 Å². The van der Waals surface area contributed by atoms with Gasteiger partial charge < -0.3 is 40.1 Å². The number of thioether (sulfide) groups is 1. The molecule has 0 amide bonds. The minimum absolute atomic E-state index is 0.376. The summed E-state index contributed by atoms with van der Waals surface area (Å²) in [6.07, 6.45) is -7.85. The Morgan fingerprint density at radius 1 is 1.18 bits per heavy atom. The van der Waals surface area contributed by atoms with E-state index >= 15 is 0 Å². The predicted octanol–water partition coefficient (Wildman–Crippen LogP) is -1.41. The second-order valence-electron chi connectivity index (χ2n) is 5.99. The molecule has 0 spiro atoms. The Hall–Kier alpha value is -1.35. The van der Waals surface area contributed by atoms with Crippen LogP contribution in [-0.2, 0) is 9.47 Å². The first-order valence-electron chi connectivity index (χ1n) is 8.26. The third-order valence-electron chi connectivity index (χ3n) is 3.95. The molecule has 0 aromatic heterocycles. The summed E-state index contributed by atoms with van der Waals surface area (Å²) in [7, 11) is 0. The number of azide groups is 2. The minimum Gasteiger partial charge on any atom is -0.394 e. The Labute approximate surface area is 163 Å². The first-order valence-corrected chi connectivity index (χ1v) is 9.20. The lowest BCUT2D eigenvalue weighted by atomic mass is 9.98. The molecule has 0 aromatic carbocycles. The van der Waals surface area contributed by atoms with Crippen LogP contribution in [0.1, 0.15) is 6.92 Å². The SMILES string of the molecule is C[C@H](O)[C@@H](OC(CO)[C@H](O)CN=[N+]=[N-])S[C@@H]1OC(CO)[C@H](O)C(N=[N+]=[N-])C1O. The van der Waals surface area contributed by atoms with Crippen LogP contribution in [0.4, 0.5) is 0 Å². The minimum atomic E-state index is -1.50. The Kier molecular flexibility index (Phi) is 10.8. The average molecular weight is 424 g/mol. The smallest absolute Gasteiger partial charge is 0.132 e. The molecule has 1 fully saturated rings. The Morgan fingerprint density at radius 2 is 1.86 bits per heavy atom. The lowest BCUT2D eigenvalue weighted by Gasteiger charge is -2.41. The standard InChI is InChI=1S/C13H24N6O8S/c1-5(22)12(26-7(3-20)6(23)2-16-18-14)28-13-11(25)9(17-19-15)10(24)8(4-21)27-13/h5-13,20-25H,2-4H2,1H3/t5-,6+,7?,8?,9?,10-,11?,12-,13-/m0/s1. The van der Waals surface area contributed by atoms with E-state index in [0.717, 1.165) is 11.8 Å². The van der Waals surface area contributed by atoms with Crippen LogP contribution in [0.25, 0.3) is 20.9 Å². The van der Waals surface area contributed by atoms with Crippen LogP contribution in [0.15, 0.2) is 10.2 Å². The predicted molar refractivity (Wildman–Crippen MR) is 95.7 cm³/mol. The molecule has 0 saturated carbocycles. The zero-order valence-corrected chi connectivity index (χ0v) is 15.7. The summed E-state index contributed by atoms with van der Waals surface area (Å²) in [5, 5.41) is 65.5. The van der Waals surface area contributed by atoms with Crippen LogP contribution >= 0.6 is 11.8 Å². The van der Waals surface area contributed by atoms with Gasteiger partial charge >= 0.3 is 0 Å². The van der Waals surface area contributed by atoms with E-state index in [1.165, 1.54) is 6.92 Å². The van der Waals surface area contributed by atoms with Crippen molar-refractivity contribution in [2.75, 3.05) is 19.8 Å². The second-order valence-corrected chi connectivity index (χ2v) is 7.19. The van der Waals surface area contributed by atoms with E-state index in [2.05, 4.69) is 20.1 Å². The summed E-state index contributed by atoms with van der Waals surface area (Å²) >= 11 is 0.742. The fourth-order valence-corrected chi connectivity index (χ4v) is 3.66. The number of hydrogen-bond donors (Lipinski definition) is 6. The molecule has 28 heavy (non-hydrogen) atoms. The highest BCUT2D eigenvalue weighted by Crippen LogP contribution is 2.34. The molecule has 14 nitrogen and oxygen atoms in total. The van der Waals surface area contributed by atoms with Gasteiger partial charge in [-0.1, -0.05) is 22.0 Å². The van der Waals surface area contributed by atoms with E-state index in [4.69, 9.17) is 20.5 Å². The molecule has 1 saturated heterocycles. The third kappa shape index (κ3) is 6.62. The monoisotopic (exact) mass is 424 g/mol. The number of nitrogens with zero attached hydrogens (tertiary/aromatic N) is 6. The van der Waals surface area contributed by atoms with E-state index < -0.39 is 66.8 Å². The molecule has 1 rings (SSSR count). The molecule has 0 radical (unpaired) electrons. The van der Waals surface area contributed by atoms with Crippen molar-refractivity contribution in [3.8, 4) is 0 Å². The molecule has 0 aromatic rings. The molecule has 0 aliphatic carbocycles. The third-order valence-corrected chi connectivity index (χ3v) is 5.38. The van der Waals surface area contributed by atoms with E-state index in [-0.39, 0.29) is 6.54 Å². The van der Waals surface area contributed by atoms with Crippen molar-refractivity contribution >= 4 is 11.8 Å². The molecular formula is C13H24N6O8S. The Morgan fingerprint density at radius 3 is 2.36 bits per heavy atom. The quantitative estimate of drug-likeness (QED) is 0.0986. The lowest BCUT2D eigenvalue weighted by molar-refractivity contribution is -0.161. The molecule has 4 unspecified atom stereocenters. The molecule has 1 heterocycles. The maximum atomic E-state index is 10.3. The zero-order valence-electron chi connectivity index (χ0n) is 14.9. The van der Waals surface area contributed by atoms with Crippen molar-refractivity contribution < 1.29 is 40.1 Å². The molecule has 15 heteroatoms. The highest BCUT2D eigenvalue weighted by Gasteiger charge is 2.45. The van der Waals surface area contributed by atoms with Crippen molar-refractivity contribution in [3.63, 3.8) is 0 Å². The van der Waals surface area contributed by atoms with Gasteiger partial charge in [0.1, 0.15) is 29.2 Å². The zero-order chi connectivity index (χ0) is 21.3. The van der Waals surface area contributed by atoms with E-state index in [1.54, 1.807) is 0 Å². The lowest BCUT2D eigenvalue weighted by Crippen LogP contribution is -2.57. The van der Waals surface area contributed by atoms with Gasteiger partial charge in [-0.05, 0) is 18.0 Å². The number of aliphatic hydroxyl groups is 6. The molecule has 1 aliphatic rings. The summed E-state index contributed by atoms with van der Waals surface area (Å²) in [6.45, 7) is -0.296. The summed E-state index contributed by atoms with van der Waals surface area (Å²) in [6, 6.07) is -1.31. The van der Waals surface area contributed by atoms with Gasteiger partial charge in [0, 0.05) is 9.82 Å². The molecule has 6 N–H and O–H groups in total. The van der Waals surface area contributed by atoms with Gasteiger partial charge in [-0.15, -0.1) is 0 Å². The van der Waals surface area contributed by atoms with E-state index in [0.29, 0.717) is 0 Å². The summed E-state index contributed by atoms with van der Waals surface area (Å²) in [4.78, 5) is 5.06. The van der Waals surface area contributed by atoms with Gasteiger partial charge in [0.2, 0.25) is 0 Å². The maximum absolute atomic E-state index is 10.3. The van der Waals surface area contributed by atoms with Gasteiger partial charge in [-0.3, -0.25) is 0 Å². The van der Waals surface area contributed by atoms with Crippen molar-refractivity contribution in [2.45, 2.75) is 60.5 Å². The summed E-state index contributed by atoms with van der Waals surface area (Å²) in [5.41, 5.74) is 14.6. The number of hydrogen-bond acceptors (Lipinski definition) is 11. The molecule has 9 atom stereocenters. The van der Waals surface area contributed by atoms with Crippen LogP contribution in [-0.4, -0.2) is 104 Å². The van der Waals surface area contributed by atoms with Crippen molar-refractivity contribution in [1.82, 2.24) is 0 Å². The second kappa shape index (κ2) is 12.3. The topological polar surface area (TPSA) is 237 Å². The van der Waals surface area contributed by atoms with E-state index in [9.17, 15) is 30.6 Å². The number of rotatable bonds is 11. The highest BCUT2D eigenvalue weighted by molar-refractivity contribution is 8.00. The average Bonchev–Trinajstić information content (AvgIpc) is 2.67. The molecule has 160 valence electrons. The number of aliphatic hydroxyl groups excluding tert-OH is 6. The van der Waals surface area contributed by atoms with Crippen LogP contribution in [0.2, 0.25) is 0 Å². The maximum Gasteiger partial charge on any atom is 0.132 e. The fraction of sp³-hybridized carbons (Fsp3) is 1.00. The first-order chi connectivity index (χ1) is 13.3.